The van der Waals surface area contributed by atoms with Gasteiger partial charge in [0.15, 0.2) is 6.61 Å². The molecule has 0 saturated heterocycles. The Morgan fingerprint density at radius 1 is 1.28 bits per heavy atom. The van der Waals surface area contributed by atoms with E-state index in [4.69, 9.17) is 0 Å². The van der Waals surface area contributed by atoms with E-state index in [-0.39, 0.29) is 11.7 Å². The molecule has 0 saturated carbocycles. The first-order valence-electron chi connectivity index (χ1n) is 4.77. The van der Waals surface area contributed by atoms with Crippen LogP contribution in [0.4, 0.5) is 4.39 Å². The standard InChI is InChI=1S/C11H6FNO5/c12-9-5-1-3-8(7-9)4-2-6-16-13-17-10(14)11(15)18-13/h1,3,5,7H,6H2. The molecule has 0 atom stereocenters. The number of halogens is 1. The molecule has 7 heteroatoms. The predicted molar refractivity (Wildman–Crippen MR) is 56.2 cm³/mol. The number of hydrogen-bond acceptors (Lipinski definition) is 5. The van der Waals surface area contributed by atoms with Gasteiger partial charge in [0, 0.05) is 5.56 Å². The van der Waals surface area contributed by atoms with Crippen LogP contribution in [0.15, 0.2) is 42.9 Å². The molecule has 6 nitrogen and oxygen atoms in total. The molecule has 0 unspecified atom stereocenters. The third-order valence-electron chi connectivity index (χ3n) is 1.78. The van der Waals surface area contributed by atoms with E-state index >= 15 is 0 Å². The molecule has 0 aliphatic rings. The summed E-state index contributed by atoms with van der Waals surface area (Å²) in [5, 5.41) is 0.269. The van der Waals surface area contributed by atoms with Crippen LogP contribution in [0.5, 0.6) is 0 Å². The Hall–Kier alpha value is -2.75. The number of nitrogens with zero attached hydrogens (tertiary/aromatic N) is 1. The Morgan fingerprint density at radius 2 is 2.00 bits per heavy atom. The molecular weight excluding hydrogens is 245 g/mol. The average Bonchev–Trinajstić information content (AvgIpc) is 2.65. The Kier molecular flexibility index (Phi) is 3.29. The molecule has 0 bridgehead atoms. The minimum absolute atomic E-state index is 0.197. The fourth-order valence-corrected chi connectivity index (χ4v) is 1.07. The number of benzene rings is 1. The summed E-state index contributed by atoms with van der Waals surface area (Å²) in [6.45, 7) is -0.197. The van der Waals surface area contributed by atoms with E-state index in [1.807, 2.05) is 0 Å². The van der Waals surface area contributed by atoms with E-state index in [1.165, 1.54) is 18.2 Å². The SMILES string of the molecule is O=c1on(OCC#Cc2cccc(F)c2)oc1=O. The van der Waals surface area contributed by atoms with Crippen LogP contribution in [0.1, 0.15) is 5.56 Å². The van der Waals surface area contributed by atoms with Gasteiger partial charge in [-0.1, -0.05) is 17.9 Å². The van der Waals surface area contributed by atoms with Crippen LogP contribution in [0.25, 0.3) is 0 Å². The minimum Gasteiger partial charge on any atom is -0.344 e. The van der Waals surface area contributed by atoms with Gasteiger partial charge in [-0.05, 0) is 18.2 Å². The summed E-state index contributed by atoms with van der Waals surface area (Å²) < 4.78 is 21.2. The highest BCUT2D eigenvalue weighted by Crippen LogP contribution is 2.00. The Balaban J connectivity index is 1.97. The molecule has 1 aromatic heterocycles. The van der Waals surface area contributed by atoms with Gasteiger partial charge in [-0.3, -0.25) is 9.05 Å². The van der Waals surface area contributed by atoms with E-state index in [0.717, 1.165) is 0 Å². The van der Waals surface area contributed by atoms with Crippen molar-refractivity contribution in [3.63, 3.8) is 0 Å². The summed E-state index contributed by atoms with van der Waals surface area (Å²) in [5.74, 6) is 4.73. The first-order chi connectivity index (χ1) is 8.65. The van der Waals surface area contributed by atoms with Crippen molar-refractivity contribution in [1.29, 1.82) is 0 Å². The molecule has 1 aromatic carbocycles. The summed E-state index contributed by atoms with van der Waals surface area (Å²) in [6.07, 6.45) is 0. The van der Waals surface area contributed by atoms with Crippen molar-refractivity contribution in [2.75, 3.05) is 6.61 Å². The summed E-state index contributed by atoms with van der Waals surface area (Å²) in [4.78, 5) is 25.8. The van der Waals surface area contributed by atoms with Crippen LogP contribution in [0, 0.1) is 17.7 Å². The lowest BCUT2D eigenvalue weighted by molar-refractivity contribution is -0.135. The van der Waals surface area contributed by atoms with Crippen molar-refractivity contribution in [2.24, 2.45) is 0 Å². The molecular formula is C11H6FNO5. The maximum Gasteiger partial charge on any atom is 0.449 e. The van der Waals surface area contributed by atoms with Crippen LogP contribution in [-0.2, 0) is 0 Å². The van der Waals surface area contributed by atoms with Crippen molar-refractivity contribution >= 4 is 0 Å². The van der Waals surface area contributed by atoms with Gasteiger partial charge in [0.25, 0.3) is 0 Å². The molecule has 1 heterocycles. The van der Waals surface area contributed by atoms with Crippen LogP contribution in [-0.4, -0.2) is 11.7 Å². The summed E-state index contributed by atoms with van der Waals surface area (Å²) in [7, 11) is 0. The molecule has 0 N–H and O–H groups in total. The van der Waals surface area contributed by atoms with Crippen molar-refractivity contribution in [3.05, 3.63) is 56.5 Å². The van der Waals surface area contributed by atoms with Crippen molar-refractivity contribution in [3.8, 4) is 11.8 Å². The second-order valence-corrected chi connectivity index (χ2v) is 3.07. The Bertz CT molecular complexity index is 688. The van der Waals surface area contributed by atoms with Crippen molar-refractivity contribution in [2.45, 2.75) is 0 Å². The maximum atomic E-state index is 12.8. The molecule has 0 amide bonds. The maximum absolute atomic E-state index is 12.8. The predicted octanol–water partition coefficient (Wildman–Crippen LogP) is 0.0139. The third kappa shape index (κ3) is 2.89. The molecule has 0 radical (unpaired) electrons. The molecule has 0 spiro atoms. The second-order valence-electron chi connectivity index (χ2n) is 3.07. The second kappa shape index (κ2) is 5.05. The molecule has 2 rings (SSSR count). The normalized spacial score (nSPS) is 9.61. The number of hydrogen-bond donors (Lipinski definition) is 0. The monoisotopic (exact) mass is 251 g/mol. The zero-order valence-electron chi connectivity index (χ0n) is 8.88. The number of rotatable bonds is 2. The van der Waals surface area contributed by atoms with Gasteiger partial charge in [-0.25, -0.2) is 14.0 Å². The van der Waals surface area contributed by atoms with Crippen LogP contribution >= 0.6 is 0 Å². The van der Waals surface area contributed by atoms with E-state index in [9.17, 15) is 14.0 Å². The van der Waals surface area contributed by atoms with E-state index in [1.54, 1.807) is 6.07 Å². The highest BCUT2D eigenvalue weighted by atomic mass is 19.1. The van der Waals surface area contributed by atoms with Crippen LogP contribution in [0.2, 0.25) is 0 Å². The van der Waals surface area contributed by atoms with Gasteiger partial charge in [0.2, 0.25) is 0 Å². The summed E-state index contributed by atoms with van der Waals surface area (Å²) >= 11 is 0. The van der Waals surface area contributed by atoms with Crippen molar-refractivity contribution in [1.82, 2.24) is 5.08 Å². The molecule has 0 aliphatic carbocycles. The Morgan fingerprint density at radius 3 is 2.67 bits per heavy atom. The zero-order valence-corrected chi connectivity index (χ0v) is 8.88. The zero-order chi connectivity index (χ0) is 13.0. The van der Waals surface area contributed by atoms with Crippen molar-refractivity contribution < 1.29 is 18.3 Å². The fourth-order valence-electron chi connectivity index (χ4n) is 1.07. The van der Waals surface area contributed by atoms with Gasteiger partial charge in [-0.15, -0.1) is 0 Å². The van der Waals surface area contributed by atoms with E-state index < -0.39 is 17.1 Å². The largest absolute Gasteiger partial charge is 0.449 e. The first kappa shape index (κ1) is 11.7. The first-order valence-corrected chi connectivity index (χ1v) is 4.77. The van der Waals surface area contributed by atoms with Gasteiger partial charge >= 0.3 is 11.3 Å². The lowest BCUT2D eigenvalue weighted by Crippen LogP contribution is -2.14. The topological polar surface area (TPSA) is 74.6 Å². The van der Waals surface area contributed by atoms with Crippen LogP contribution < -0.4 is 16.1 Å². The average molecular weight is 251 g/mol. The summed E-state index contributed by atoms with van der Waals surface area (Å²) in [5.41, 5.74) is -1.88. The van der Waals surface area contributed by atoms with Gasteiger partial charge in [0.1, 0.15) is 10.9 Å². The van der Waals surface area contributed by atoms with E-state index in [2.05, 4.69) is 25.7 Å². The summed E-state index contributed by atoms with van der Waals surface area (Å²) in [6, 6.07) is 5.68. The molecule has 18 heavy (non-hydrogen) atoms. The molecule has 0 fully saturated rings. The van der Waals surface area contributed by atoms with Crippen LogP contribution in [0.3, 0.4) is 0 Å². The minimum atomic E-state index is -1.17. The number of aromatic nitrogens is 1. The lowest BCUT2D eigenvalue weighted by atomic mass is 10.2. The molecule has 92 valence electrons. The highest BCUT2D eigenvalue weighted by molar-refractivity contribution is 5.34. The smallest absolute Gasteiger partial charge is 0.344 e. The third-order valence-corrected chi connectivity index (χ3v) is 1.78. The molecule has 2 aromatic rings. The lowest BCUT2D eigenvalue weighted by Gasteiger charge is -1.93. The van der Waals surface area contributed by atoms with Gasteiger partial charge in [0.05, 0.1) is 0 Å². The van der Waals surface area contributed by atoms with E-state index in [0.29, 0.717) is 5.56 Å². The van der Waals surface area contributed by atoms with Gasteiger partial charge in [-0.2, -0.15) is 0 Å². The quantitative estimate of drug-likeness (QED) is 0.555. The molecule has 0 aliphatic heterocycles. The van der Waals surface area contributed by atoms with Gasteiger partial charge < -0.3 is 4.84 Å². The Labute approximate surface area is 99.1 Å². The fraction of sp³-hybridized carbons (Fsp3) is 0.0909. The highest BCUT2D eigenvalue weighted by Gasteiger charge is 2.03.